The first kappa shape index (κ1) is 15.7. The molecule has 4 aromatic rings. The van der Waals surface area contributed by atoms with Crippen LogP contribution >= 0.6 is 0 Å². The standard InChI is InChI=1S/C20H14N4O2/c25-24(26)15-7-5-6-14(12-15)13-21-17-9-2-1-8-16(17)20-22-18-10-3-4-11-19(18)23-20/h1-13H,(H,22,23). The lowest BCUT2D eigenvalue weighted by molar-refractivity contribution is -0.384. The molecule has 3 aromatic carbocycles. The van der Waals surface area contributed by atoms with Gasteiger partial charge in [0.25, 0.3) is 5.69 Å². The quantitative estimate of drug-likeness (QED) is 0.325. The second-order valence-corrected chi connectivity index (χ2v) is 5.73. The van der Waals surface area contributed by atoms with Crippen LogP contribution in [0.3, 0.4) is 0 Å². The minimum Gasteiger partial charge on any atom is -0.338 e. The molecule has 0 spiro atoms. The predicted octanol–water partition coefficient (Wildman–Crippen LogP) is 4.89. The molecular weight excluding hydrogens is 328 g/mol. The lowest BCUT2D eigenvalue weighted by atomic mass is 10.1. The highest BCUT2D eigenvalue weighted by Crippen LogP contribution is 2.29. The third-order valence-electron chi connectivity index (χ3n) is 3.98. The van der Waals surface area contributed by atoms with E-state index in [2.05, 4.69) is 15.0 Å². The lowest BCUT2D eigenvalue weighted by Crippen LogP contribution is -1.89. The number of aromatic amines is 1. The fourth-order valence-corrected chi connectivity index (χ4v) is 2.73. The van der Waals surface area contributed by atoms with Gasteiger partial charge in [0.15, 0.2) is 0 Å². The van der Waals surface area contributed by atoms with Gasteiger partial charge in [0.1, 0.15) is 5.82 Å². The van der Waals surface area contributed by atoms with E-state index in [9.17, 15) is 10.1 Å². The molecule has 1 N–H and O–H groups in total. The number of nitro benzene ring substituents is 1. The molecule has 6 nitrogen and oxygen atoms in total. The molecule has 6 heteroatoms. The molecule has 0 bridgehead atoms. The molecule has 0 saturated heterocycles. The van der Waals surface area contributed by atoms with Crippen LogP contribution in [0.2, 0.25) is 0 Å². The Morgan fingerprint density at radius 3 is 2.65 bits per heavy atom. The summed E-state index contributed by atoms with van der Waals surface area (Å²) < 4.78 is 0. The number of H-pyrrole nitrogens is 1. The Hall–Kier alpha value is -3.80. The van der Waals surface area contributed by atoms with Crippen LogP contribution in [0.15, 0.2) is 77.8 Å². The number of non-ortho nitro benzene ring substituents is 1. The molecule has 0 aliphatic heterocycles. The van der Waals surface area contributed by atoms with Crippen molar-refractivity contribution in [2.75, 3.05) is 0 Å². The van der Waals surface area contributed by atoms with Gasteiger partial charge in [0.05, 0.1) is 21.6 Å². The average Bonchev–Trinajstić information content (AvgIpc) is 3.11. The Morgan fingerprint density at radius 2 is 1.81 bits per heavy atom. The summed E-state index contributed by atoms with van der Waals surface area (Å²) in [6.45, 7) is 0. The van der Waals surface area contributed by atoms with Crippen LogP contribution in [-0.4, -0.2) is 21.1 Å². The van der Waals surface area contributed by atoms with Gasteiger partial charge < -0.3 is 4.98 Å². The van der Waals surface area contributed by atoms with Crippen LogP contribution in [0.25, 0.3) is 22.4 Å². The zero-order valence-corrected chi connectivity index (χ0v) is 13.7. The van der Waals surface area contributed by atoms with Crippen molar-refractivity contribution >= 4 is 28.6 Å². The normalized spacial score (nSPS) is 11.2. The first-order chi connectivity index (χ1) is 12.7. The number of nitrogens with zero attached hydrogens (tertiary/aromatic N) is 3. The highest BCUT2D eigenvalue weighted by molar-refractivity contribution is 5.87. The summed E-state index contributed by atoms with van der Waals surface area (Å²) >= 11 is 0. The highest BCUT2D eigenvalue weighted by Gasteiger charge is 2.09. The first-order valence-electron chi connectivity index (χ1n) is 8.03. The number of benzene rings is 3. The van der Waals surface area contributed by atoms with Crippen molar-refractivity contribution in [3.63, 3.8) is 0 Å². The Kier molecular flexibility index (Phi) is 3.99. The van der Waals surface area contributed by atoms with Crippen LogP contribution < -0.4 is 0 Å². The van der Waals surface area contributed by atoms with Crippen molar-refractivity contribution in [3.8, 4) is 11.4 Å². The second-order valence-electron chi connectivity index (χ2n) is 5.73. The Bertz CT molecular complexity index is 1100. The molecular formula is C20H14N4O2. The molecule has 0 aliphatic rings. The molecule has 0 fully saturated rings. The molecule has 0 saturated carbocycles. The van der Waals surface area contributed by atoms with Crippen molar-refractivity contribution in [2.24, 2.45) is 4.99 Å². The summed E-state index contributed by atoms with van der Waals surface area (Å²) in [5, 5.41) is 10.9. The van der Waals surface area contributed by atoms with Gasteiger partial charge in [-0.25, -0.2) is 4.98 Å². The minimum absolute atomic E-state index is 0.0412. The monoisotopic (exact) mass is 342 g/mol. The number of aliphatic imine (C=N–C) groups is 1. The molecule has 0 atom stereocenters. The summed E-state index contributed by atoms with van der Waals surface area (Å²) in [6.07, 6.45) is 1.62. The molecule has 0 unspecified atom stereocenters. The number of rotatable bonds is 4. The van der Waals surface area contributed by atoms with Gasteiger partial charge >= 0.3 is 0 Å². The van der Waals surface area contributed by atoms with E-state index in [1.807, 2.05) is 48.5 Å². The molecule has 1 heterocycles. The van der Waals surface area contributed by atoms with Crippen LogP contribution in [-0.2, 0) is 0 Å². The molecule has 4 rings (SSSR count). The van der Waals surface area contributed by atoms with Crippen LogP contribution in [0.1, 0.15) is 5.56 Å². The van der Waals surface area contributed by atoms with Gasteiger partial charge in [-0.15, -0.1) is 0 Å². The predicted molar refractivity (Wildman–Crippen MR) is 102 cm³/mol. The van der Waals surface area contributed by atoms with Crippen molar-refractivity contribution < 1.29 is 4.92 Å². The number of imidazole rings is 1. The average molecular weight is 342 g/mol. The van der Waals surface area contributed by atoms with Crippen LogP contribution in [0.5, 0.6) is 0 Å². The van der Waals surface area contributed by atoms with Crippen LogP contribution in [0.4, 0.5) is 11.4 Å². The fourth-order valence-electron chi connectivity index (χ4n) is 2.73. The molecule has 0 amide bonds. The number of nitrogens with one attached hydrogen (secondary N) is 1. The molecule has 26 heavy (non-hydrogen) atoms. The summed E-state index contributed by atoms with van der Waals surface area (Å²) in [5.74, 6) is 0.734. The molecule has 126 valence electrons. The van der Waals surface area contributed by atoms with E-state index in [1.165, 1.54) is 12.1 Å². The number of hydrogen-bond donors (Lipinski definition) is 1. The SMILES string of the molecule is O=[N+]([O-])c1cccc(C=Nc2ccccc2-c2nc3ccccc3[nH]2)c1. The van der Waals surface area contributed by atoms with Gasteiger partial charge in [-0.1, -0.05) is 36.4 Å². The van der Waals surface area contributed by atoms with Gasteiger partial charge in [-0.2, -0.15) is 0 Å². The van der Waals surface area contributed by atoms with Crippen molar-refractivity contribution in [1.29, 1.82) is 0 Å². The maximum absolute atomic E-state index is 10.9. The van der Waals surface area contributed by atoms with Crippen LogP contribution in [0, 0.1) is 10.1 Å². The Labute approximate surface area is 149 Å². The maximum Gasteiger partial charge on any atom is 0.270 e. The topological polar surface area (TPSA) is 84.2 Å². The number of nitro groups is 1. The third-order valence-corrected chi connectivity index (χ3v) is 3.98. The molecule has 0 aliphatic carbocycles. The zero-order valence-electron chi connectivity index (χ0n) is 13.7. The smallest absolute Gasteiger partial charge is 0.270 e. The largest absolute Gasteiger partial charge is 0.338 e. The van der Waals surface area contributed by atoms with E-state index in [1.54, 1.807) is 18.3 Å². The third kappa shape index (κ3) is 3.08. The number of fused-ring (bicyclic) bond motifs is 1. The van der Waals surface area contributed by atoms with E-state index in [-0.39, 0.29) is 5.69 Å². The number of para-hydroxylation sites is 3. The fraction of sp³-hybridized carbons (Fsp3) is 0. The van der Waals surface area contributed by atoms with E-state index in [4.69, 9.17) is 0 Å². The van der Waals surface area contributed by atoms with Crippen molar-refractivity contribution in [3.05, 3.63) is 88.5 Å². The van der Waals surface area contributed by atoms with E-state index in [0.717, 1.165) is 28.1 Å². The number of hydrogen-bond acceptors (Lipinski definition) is 4. The first-order valence-corrected chi connectivity index (χ1v) is 8.03. The minimum atomic E-state index is -0.417. The van der Waals surface area contributed by atoms with Gasteiger partial charge in [-0.05, 0) is 29.8 Å². The molecule has 0 radical (unpaired) electrons. The summed E-state index contributed by atoms with van der Waals surface area (Å²) in [4.78, 5) is 22.9. The second kappa shape index (κ2) is 6.60. The Balaban J connectivity index is 1.72. The van der Waals surface area contributed by atoms with Gasteiger partial charge in [0, 0.05) is 23.9 Å². The van der Waals surface area contributed by atoms with E-state index in [0.29, 0.717) is 5.56 Å². The van der Waals surface area contributed by atoms with Crippen molar-refractivity contribution in [1.82, 2.24) is 9.97 Å². The highest BCUT2D eigenvalue weighted by atomic mass is 16.6. The molecule has 1 aromatic heterocycles. The number of aromatic nitrogens is 2. The summed E-state index contributed by atoms with van der Waals surface area (Å²) in [5.41, 5.74) is 4.15. The zero-order chi connectivity index (χ0) is 17.9. The summed E-state index contributed by atoms with van der Waals surface area (Å²) in [6, 6.07) is 21.8. The maximum atomic E-state index is 10.9. The van der Waals surface area contributed by atoms with Gasteiger partial charge in [-0.3, -0.25) is 15.1 Å². The lowest BCUT2D eigenvalue weighted by Gasteiger charge is -2.02. The Morgan fingerprint density at radius 1 is 1.00 bits per heavy atom. The van der Waals surface area contributed by atoms with E-state index >= 15 is 0 Å². The summed E-state index contributed by atoms with van der Waals surface area (Å²) in [7, 11) is 0. The van der Waals surface area contributed by atoms with Gasteiger partial charge in [0.2, 0.25) is 0 Å². The van der Waals surface area contributed by atoms with E-state index < -0.39 is 4.92 Å². The van der Waals surface area contributed by atoms with Crippen molar-refractivity contribution in [2.45, 2.75) is 0 Å².